The molecule has 0 aliphatic carbocycles. The van der Waals surface area contributed by atoms with Crippen molar-refractivity contribution in [2.75, 3.05) is 16.0 Å². The zero-order valence-electron chi connectivity index (χ0n) is 15.8. The Balaban J connectivity index is 1.75. The summed E-state index contributed by atoms with van der Waals surface area (Å²) in [6.45, 7) is 3.51. The standard InChI is InChI=1S/C22H22N4O2/c1-3-16-7-4-5-10-20(16)26-22(28)21-14-19(11-12-23-21)25-18-9-6-8-17(13-18)24-15(2)27/h4-14H,3H2,1-2H3,(H,23,25)(H,24,27)(H,26,28). The molecule has 1 aromatic heterocycles. The van der Waals surface area contributed by atoms with E-state index in [-0.39, 0.29) is 11.8 Å². The lowest BCUT2D eigenvalue weighted by Crippen LogP contribution is -2.15. The number of pyridine rings is 1. The molecule has 0 saturated carbocycles. The van der Waals surface area contributed by atoms with Crippen LogP contribution in [0.5, 0.6) is 0 Å². The van der Waals surface area contributed by atoms with Gasteiger partial charge < -0.3 is 16.0 Å². The van der Waals surface area contributed by atoms with Crippen molar-refractivity contribution >= 4 is 34.6 Å². The van der Waals surface area contributed by atoms with Gasteiger partial charge in [-0.2, -0.15) is 0 Å². The number of carbonyl (C=O) groups is 2. The molecule has 28 heavy (non-hydrogen) atoms. The number of benzene rings is 2. The van der Waals surface area contributed by atoms with E-state index >= 15 is 0 Å². The lowest BCUT2D eigenvalue weighted by molar-refractivity contribution is -0.114. The van der Waals surface area contributed by atoms with Gasteiger partial charge in [0.1, 0.15) is 5.69 Å². The quantitative estimate of drug-likeness (QED) is 0.589. The van der Waals surface area contributed by atoms with Crippen LogP contribution in [0, 0.1) is 0 Å². The molecule has 0 unspecified atom stereocenters. The Bertz CT molecular complexity index is 1000. The molecule has 3 rings (SSSR count). The number of rotatable bonds is 6. The van der Waals surface area contributed by atoms with Gasteiger partial charge in [0.2, 0.25) is 5.91 Å². The molecule has 142 valence electrons. The van der Waals surface area contributed by atoms with Crippen molar-refractivity contribution in [3.05, 3.63) is 78.1 Å². The Kier molecular flexibility index (Phi) is 6.01. The van der Waals surface area contributed by atoms with E-state index in [1.807, 2.05) is 55.5 Å². The van der Waals surface area contributed by atoms with Gasteiger partial charge in [-0.15, -0.1) is 0 Å². The van der Waals surface area contributed by atoms with Crippen LogP contribution in [0.3, 0.4) is 0 Å². The maximum absolute atomic E-state index is 12.6. The summed E-state index contributed by atoms with van der Waals surface area (Å²) in [5.74, 6) is -0.399. The Labute approximate surface area is 164 Å². The SMILES string of the molecule is CCc1ccccc1NC(=O)c1cc(Nc2cccc(NC(C)=O)c2)ccn1. The van der Waals surface area contributed by atoms with E-state index < -0.39 is 0 Å². The monoisotopic (exact) mass is 374 g/mol. The maximum atomic E-state index is 12.6. The zero-order chi connectivity index (χ0) is 19.9. The van der Waals surface area contributed by atoms with Crippen molar-refractivity contribution in [3.63, 3.8) is 0 Å². The van der Waals surface area contributed by atoms with Gasteiger partial charge in [0.05, 0.1) is 0 Å². The third-order valence-electron chi connectivity index (χ3n) is 4.11. The van der Waals surface area contributed by atoms with Gasteiger partial charge in [-0.3, -0.25) is 14.6 Å². The van der Waals surface area contributed by atoms with E-state index in [1.54, 1.807) is 18.3 Å². The topological polar surface area (TPSA) is 83.1 Å². The van der Waals surface area contributed by atoms with Crippen molar-refractivity contribution in [2.45, 2.75) is 20.3 Å². The molecule has 0 radical (unpaired) electrons. The number of aryl methyl sites for hydroxylation is 1. The third kappa shape index (κ3) is 4.94. The van der Waals surface area contributed by atoms with Crippen LogP contribution in [0.2, 0.25) is 0 Å². The van der Waals surface area contributed by atoms with Crippen molar-refractivity contribution in [1.29, 1.82) is 0 Å². The lowest BCUT2D eigenvalue weighted by Gasteiger charge is -2.11. The number of carbonyl (C=O) groups excluding carboxylic acids is 2. The number of hydrogen-bond donors (Lipinski definition) is 3. The molecular weight excluding hydrogens is 352 g/mol. The number of nitrogens with one attached hydrogen (secondary N) is 3. The van der Waals surface area contributed by atoms with Crippen LogP contribution in [0.15, 0.2) is 66.9 Å². The van der Waals surface area contributed by atoms with Gasteiger partial charge in [0.25, 0.3) is 5.91 Å². The molecule has 3 aromatic rings. The Hall–Kier alpha value is -3.67. The molecule has 0 spiro atoms. The maximum Gasteiger partial charge on any atom is 0.274 e. The first-order valence-electron chi connectivity index (χ1n) is 9.05. The highest BCUT2D eigenvalue weighted by atomic mass is 16.2. The lowest BCUT2D eigenvalue weighted by atomic mass is 10.1. The summed E-state index contributed by atoms with van der Waals surface area (Å²) < 4.78 is 0. The first-order valence-corrected chi connectivity index (χ1v) is 9.05. The van der Waals surface area contributed by atoms with Crippen LogP contribution in [-0.2, 0) is 11.2 Å². The second kappa shape index (κ2) is 8.81. The minimum Gasteiger partial charge on any atom is -0.355 e. The van der Waals surface area contributed by atoms with Gasteiger partial charge in [0.15, 0.2) is 0 Å². The van der Waals surface area contributed by atoms with Gasteiger partial charge >= 0.3 is 0 Å². The molecule has 0 aliphatic rings. The fourth-order valence-corrected chi connectivity index (χ4v) is 2.81. The van der Waals surface area contributed by atoms with Crippen LogP contribution in [0.1, 0.15) is 29.9 Å². The molecule has 0 atom stereocenters. The predicted octanol–water partition coefficient (Wildman–Crippen LogP) is 4.60. The van der Waals surface area contributed by atoms with Crippen molar-refractivity contribution in [2.24, 2.45) is 0 Å². The summed E-state index contributed by atoms with van der Waals surface area (Å²) in [5.41, 5.74) is 4.39. The Morgan fingerprint density at radius 1 is 0.893 bits per heavy atom. The Morgan fingerprint density at radius 3 is 2.43 bits per heavy atom. The molecule has 2 aromatic carbocycles. The number of amides is 2. The summed E-state index contributed by atoms with van der Waals surface area (Å²) in [6.07, 6.45) is 2.41. The molecule has 2 amide bonds. The van der Waals surface area contributed by atoms with E-state index in [1.165, 1.54) is 6.92 Å². The highest BCUT2D eigenvalue weighted by Crippen LogP contribution is 2.21. The minimum atomic E-state index is -0.267. The van der Waals surface area contributed by atoms with Crippen LogP contribution in [-0.4, -0.2) is 16.8 Å². The average Bonchev–Trinajstić information content (AvgIpc) is 2.68. The van der Waals surface area contributed by atoms with Gasteiger partial charge in [-0.25, -0.2) is 0 Å². The van der Waals surface area contributed by atoms with Crippen LogP contribution in [0.4, 0.5) is 22.7 Å². The first-order chi connectivity index (χ1) is 13.5. The molecule has 0 fully saturated rings. The first kappa shape index (κ1) is 19.1. The van der Waals surface area contributed by atoms with E-state index in [2.05, 4.69) is 20.9 Å². The summed E-state index contributed by atoms with van der Waals surface area (Å²) in [5, 5.41) is 8.89. The molecule has 3 N–H and O–H groups in total. The second-order valence-electron chi connectivity index (χ2n) is 6.28. The highest BCUT2D eigenvalue weighted by Gasteiger charge is 2.10. The van der Waals surface area contributed by atoms with E-state index in [0.29, 0.717) is 11.4 Å². The Morgan fingerprint density at radius 2 is 1.64 bits per heavy atom. The van der Waals surface area contributed by atoms with Crippen molar-refractivity contribution in [3.8, 4) is 0 Å². The van der Waals surface area contributed by atoms with Crippen LogP contribution >= 0.6 is 0 Å². The second-order valence-corrected chi connectivity index (χ2v) is 6.28. The van der Waals surface area contributed by atoms with Crippen LogP contribution in [0.25, 0.3) is 0 Å². The highest BCUT2D eigenvalue weighted by molar-refractivity contribution is 6.03. The largest absolute Gasteiger partial charge is 0.355 e. The number of para-hydroxylation sites is 1. The number of nitrogens with zero attached hydrogens (tertiary/aromatic N) is 1. The zero-order valence-corrected chi connectivity index (χ0v) is 15.8. The van der Waals surface area contributed by atoms with E-state index in [0.717, 1.165) is 29.0 Å². The van der Waals surface area contributed by atoms with E-state index in [4.69, 9.17) is 0 Å². The average molecular weight is 374 g/mol. The van der Waals surface area contributed by atoms with Crippen LogP contribution < -0.4 is 16.0 Å². The molecule has 1 heterocycles. The van der Waals surface area contributed by atoms with E-state index in [9.17, 15) is 9.59 Å². The van der Waals surface area contributed by atoms with Gasteiger partial charge in [-0.1, -0.05) is 31.2 Å². The van der Waals surface area contributed by atoms with Gasteiger partial charge in [-0.05, 0) is 48.4 Å². The molecule has 0 saturated heterocycles. The number of anilines is 4. The fraction of sp³-hybridized carbons (Fsp3) is 0.136. The number of aromatic nitrogens is 1. The van der Waals surface area contributed by atoms with Gasteiger partial charge in [0, 0.05) is 35.9 Å². The molecule has 0 aliphatic heterocycles. The smallest absolute Gasteiger partial charge is 0.274 e. The molecule has 0 bridgehead atoms. The predicted molar refractivity (Wildman–Crippen MR) is 112 cm³/mol. The number of hydrogen-bond acceptors (Lipinski definition) is 4. The summed E-state index contributed by atoms with van der Waals surface area (Å²) in [7, 11) is 0. The normalized spacial score (nSPS) is 10.2. The fourth-order valence-electron chi connectivity index (χ4n) is 2.81. The third-order valence-corrected chi connectivity index (χ3v) is 4.11. The molecule has 6 heteroatoms. The summed E-state index contributed by atoms with van der Waals surface area (Å²) in [4.78, 5) is 28.0. The van der Waals surface area contributed by atoms with Crippen molar-refractivity contribution < 1.29 is 9.59 Å². The summed E-state index contributed by atoms with van der Waals surface area (Å²) in [6, 6.07) is 18.5. The molecule has 6 nitrogen and oxygen atoms in total. The summed E-state index contributed by atoms with van der Waals surface area (Å²) >= 11 is 0. The van der Waals surface area contributed by atoms with Crippen molar-refractivity contribution in [1.82, 2.24) is 4.98 Å². The minimum absolute atomic E-state index is 0.132. The molecular formula is C22H22N4O2.